The minimum Gasteiger partial charge on any atom is -0.508 e. The third kappa shape index (κ3) is 3.27. The number of hydrogen-bond acceptors (Lipinski definition) is 2. The van der Waals surface area contributed by atoms with Crippen LogP contribution < -0.4 is 0 Å². The Kier molecular flexibility index (Phi) is 3.72. The van der Waals surface area contributed by atoms with Gasteiger partial charge in [0.15, 0.2) is 0 Å². The van der Waals surface area contributed by atoms with Crippen LogP contribution in [-0.4, -0.2) is 16.2 Å². The molecular weight excluding hydrogens is 192 g/mol. The monoisotopic (exact) mass is 208 g/mol. The molecule has 0 fully saturated rings. The highest BCUT2D eigenvalue weighted by atomic mass is 16.4. The van der Waals surface area contributed by atoms with E-state index in [1.807, 2.05) is 19.1 Å². The van der Waals surface area contributed by atoms with Crippen LogP contribution in [0.2, 0.25) is 0 Å². The number of carboxylic acids is 1. The molecule has 0 saturated heterocycles. The fraction of sp³-hybridized carbons (Fsp3) is 0.417. The van der Waals surface area contributed by atoms with Gasteiger partial charge in [0.2, 0.25) is 0 Å². The second-order valence-electron chi connectivity index (χ2n) is 3.91. The Morgan fingerprint density at radius 3 is 2.67 bits per heavy atom. The number of carbonyl (C=O) groups is 1. The zero-order valence-corrected chi connectivity index (χ0v) is 9.03. The normalized spacial score (nSPS) is 12.4. The third-order valence-electron chi connectivity index (χ3n) is 2.51. The lowest BCUT2D eigenvalue weighted by Crippen LogP contribution is -2.10. The number of hydrogen-bond donors (Lipinski definition) is 2. The number of phenolic OH excluding ortho intramolecular Hbond substituents is 1. The van der Waals surface area contributed by atoms with E-state index in [4.69, 9.17) is 5.11 Å². The van der Waals surface area contributed by atoms with Crippen molar-refractivity contribution in [3.63, 3.8) is 0 Å². The van der Waals surface area contributed by atoms with Gasteiger partial charge in [0, 0.05) is 0 Å². The molecule has 0 radical (unpaired) electrons. The molecule has 1 rings (SSSR count). The smallest absolute Gasteiger partial charge is 0.306 e. The van der Waals surface area contributed by atoms with Crippen LogP contribution in [0.3, 0.4) is 0 Å². The van der Waals surface area contributed by atoms with Gasteiger partial charge in [0.1, 0.15) is 5.75 Å². The highest BCUT2D eigenvalue weighted by molar-refractivity contribution is 5.69. The predicted molar refractivity (Wildman–Crippen MR) is 58.0 cm³/mol. The lowest BCUT2D eigenvalue weighted by atomic mass is 10.00. The van der Waals surface area contributed by atoms with Crippen molar-refractivity contribution in [2.24, 2.45) is 5.92 Å². The van der Waals surface area contributed by atoms with Crippen molar-refractivity contribution in [3.8, 4) is 5.75 Å². The molecule has 15 heavy (non-hydrogen) atoms. The maximum atomic E-state index is 10.6. The standard InChI is InChI=1S/C12H16O3/c1-8-3-5-10(11(13)7-8)6-4-9(2)12(14)15/h3,5,7,9,13H,4,6H2,1-2H3,(H,14,15). The van der Waals surface area contributed by atoms with Crippen LogP contribution in [0.25, 0.3) is 0 Å². The Bertz CT molecular complexity index is 358. The summed E-state index contributed by atoms with van der Waals surface area (Å²) in [5.74, 6) is -0.903. The van der Waals surface area contributed by atoms with Crippen LogP contribution in [0, 0.1) is 12.8 Å². The first kappa shape index (κ1) is 11.6. The number of benzene rings is 1. The second kappa shape index (κ2) is 4.82. The number of aryl methyl sites for hydroxylation is 2. The molecule has 0 bridgehead atoms. The zero-order chi connectivity index (χ0) is 11.4. The van der Waals surface area contributed by atoms with Gasteiger partial charge >= 0.3 is 5.97 Å². The van der Waals surface area contributed by atoms with Crippen LogP contribution >= 0.6 is 0 Å². The van der Waals surface area contributed by atoms with Crippen LogP contribution in [0.15, 0.2) is 18.2 Å². The van der Waals surface area contributed by atoms with E-state index in [2.05, 4.69) is 0 Å². The molecule has 1 unspecified atom stereocenters. The van der Waals surface area contributed by atoms with E-state index in [0.29, 0.717) is 12.8 Å². The first-order chi connectivity index (χ1) is 7.00. The molecule has 0 aromatic heterocycles. The maximum absolute atomic E-state index is 10.6. The summed E-state index contributed by atoms with van der Waals surface area (Å²) >= 11 is 0. The Labute approximate surface area is 89.4 Å². The largest absolute Gasteiger partial charge is 0.508 e. The van der Waals surface area contributed by atoms with Crippen molar-refractivity contribution < 1.29 is 15.0 Å². The number of carboxylic acid groups (broad SMARTS) is 1. The fourth-order valence-electron chi connectivity index (χ4n) is 1.38. The summed E-state index contributed by atoms with van der Waals surface area (Å²) in [6, 6.07) is 5.46. The number of rotatable bonds is 4. The zero-order valence-electron chi connectivity index (χ0n) is 9.03. The number of aromatic hydroxyl groups is 1. The molecule has 1 atom stereocenters. The highest BCUT2D eigenvalue weighted by Crippen LogP contribution is 2.21. The first-order valence-corrected chi connectivity index (χ1v) is 5.02. The Morgan fingerprint density at radius 2 is 2.13 bits per heavy atom. The molecule has 1 aromatic carbocycles. The lowest BCUT2D eigenvalue weighted by Gasteiger charge is -2.08. The van der Waals surface area contributed by atoms with Gasteiger partial charge in [0.25, 0.3) is 0 Å². The molecule has 0 aliphatic heterocycles. The molecule has 1 aromatic rings. The molecule has 0 spiro atoms. The molecule has 2 N–H and O–H groups in total. The first-order valence-electron chi connectivity index (χ1n) is 5.02. The topological polar surface area (TPSA) is 57.5 Å². The summed E-state index contributed by atoms with van der Waals surface area (Å²) in [6.45, 7) is 3.58. The Morgan fingerprint density at radius 1 is 1.47 bits per heavy atom. The van der Waals surface area contributed by atoms with E-state index in [-0.39, 0.29) is 11.7 Å². The molecule has 0 aliphatic carbocycles. The van der Waals surface area contributed by atoms with Gasteiger partial charge in [-0.1, -0.05) is 19.1 Å². The average molecular weight is 208 g/mol. The summed E-state index contributed by atoms with van der Waals surface area (Å²) in [7, 11) is 0. The Hall–Kier alpha value is -1.51. The van der Waals surface area contributed by atoms with Gasteiger partial charge in [-0.25, -0.2) is 0 Å². The van der Waals surface area contributed by atoms with E-state index in [9.17, 15) is 9.90 Å². The van der Waals surface area contributed by atoms with E-state index in [1.54, 1.807) is 13.0 Å². The van der Waals surface area contributed by atoms with Crippen molar-refractivity contribution in [2.75, 3.05) is 0 Å². The van der Waals surface area contributed by atoms with Crippen molar-refractivity contribution in [1.29, 1.82) is 0 Å². The fourth-order valence-corrected chi connectivity index (χ4v) is 1.38. The quantitative estimate of drug-likeness (QED) is 0.798. The number of aliphatic carboxylic acids is 1. The molecule has 0 saturated carbocycles. The minimum absolute atomic E-state index is 0.257. The van der Waals surface area contributed by atoms with Crippen LogP contribution in [0.1, 0.15) is 24.5 Å². The molecule has 82 valence electrons. The Balaban J connectivity index is 2.62. The van der Waals surface area contributed by atoms with Crippen molar-refractivity contribution in [3.05, 3.63) is 29.3 Å². The van der Waals surface area contributed by atoms with E-state index >= 15 is 0 Å². The number of phenols is 1. The molecular formula is C12H16O3. The van der Waals surface area contributed by atoms with Crippen molar-refractivity contribution in [1.82, 2.24) is 0 Å². The SMILES string of the molecule is Cc1ccc(CCC(C)C(=O)O)c(O)c1. The molecule has 3 heteroatoms. The molecule has 0 heterocycles. The summed E-state index contributed by atoms with van der Waals surface area (Å²) in [5.41, 5.74) is 1.82. The van der Waals surface area contributed by atoms with Gasteiger partial charge in [-0.15, -0.1) is 0 Å². The second-order valence-corrected chi connectivity index (χ2v) is 3.91. The summed E-state index contributed by atoms with van der Waals surface area (Å²) in [6.07, 6.45) is 1.14. The maximum Gasteiger partial charge on any atom is 0.306 e. The van der Waals surface area contributed by atoms with E-state index in [1.165, 1.54) is 0 Å². The lowest BCUT2D eigenvalue weighted by molar-refractivity contribution is -0.141. The van der Waals surface area contributed by atoms with E-state index in [0.717, 1.165) is 11.1 Å². The summed E-state index contributed by atoms with van der Waals surface area (Å²) in [4.78, 5) is 10.6. The van der Waals surface area contributed by atoms with Gasteiger partial charge in [-0.3, -0.25) is 4.79 Å². The predicted octanol–water partition coefficient (Wildman–Crippen LogP) is 2.35. The molecule has 3 nitrogen and oxygen atoms in total. The molecule has 0 aliphatic rings. The average Bonchev–Trinajstić information content (AvgIpc) is 2.15. The third-order valence-corrected chi connectivity index (χ3v) is 2.51. The molecule has 0 amide bonds. The summed E-state index contributed by atoms with van der Waals surface area (Å²) in [5, 5.41) is 18.3. The highest BCUT2D eigenvalue weighted by Gasteiger charge is 2.11. The van der Waals surface area contributed by atoms with Crippen molar-refractivity contribution >= 4 is 5.97 Å². The van der Waals surface area contributed by atoms with Crippen LogP contribution in [0.5, 0.6) is 5.75 Å². The van der Waals surface area contributed by atoms with Crippen molar-refractivity contribution in [2.45, 2.75) is 26.7 Å². The minimum atomic E-state index is -0.790. The van der Waals surface area contributed by atoms with Crippen LogP contribution in [0.4, 0.5) is 0 Å². The van der Waals surface area contributed by atoms with Crippen LogP contribution in [-0.2, 0) is 11.2 Å². The van der Waals surface area contributed by atoms with Gasteiger partial charge in [-0.2, -0.15) is 0 Å². The van der Waals surface area contributed by atoms with Gasteiger partial charge in [0.05, 0.1) is 5.92 Å². The van der Waals surface area contributed by atoms with Gasteiger partial charge in [-0.05, 0) is 37.0 Å². The van der Waals surface area contributed by atoms with Gasteiger partial charge < -0.3 is 10.2 Å². The summed E-state index contributed by atoms with van der Waals surface area (Å²) < 4.78 is 0. The van der Waals surface area contributed by atoms with E-state index < -0.39 is 5.97 Å².